The third-order valence-corrected chi connectivity index (χ3v) is 3.82. The number of hydrogen-bond acceptors (Lipinski definition) is 4. The number of carbonyl (C=O) groups is 3. The van der Waals surface area contributed by atoms with E-state index in [1.54, 1.807) is 30.0 Å². The van der Waals surface area contributed by atoms with E-state index in [1.807, 2.05) is 6.92 Å². The molecule has 0 atom stereocenters. The molecular formula is C18H19NO5. The Bertz CT molecular complexity index is 743. The first-order chi connectivity index (χ1) is 11.4. The van der Waals surface area contributed by atoms with Gasteiger partial charge in [-0.3, -0.25) is 4.79 Å². The highest BCUT2D eigenvalue weighted by Gasteiger charge is 2.36. The molecule has 1 amide bonds. The predicted octanol–water partition coefficient (Wildman–Crippen LogP) is 2.47. The van der Waals surface area contributed by atoms with E-state index < -0.39 is 11.9 Å². The number of allylic oxidation sites excluding steroid dienone is 1. The van der Waals surface area contributed by atoms with Crippen molar-refractivity contribution in [2.24, 2.45) is 0 Å². The molecule has 24 heavy (non-hydrogen) atoms. The van der Waals surface area contributed by atoms with Crippen LogP contribution in [0.15, 0.2) is 41.1 Å². The number of amides is 1. The van der Waals surface area contributed by atoms with Crippen molar-refractivity contribution in [2.45, 2.75) is 20.3 Å². The standard InChI is InChI=1S/C18H19NO5/c1-4-9-19-11(2)15(18(23)24-3)14(16(19)20)10-12-5-7-13(8-6-12)17(21)22/h5-8,10H,4,9H2,1-3H3,(H,21,22)/b14-10-. The van der Waals surface area contributed by atoms with E-state index in [0.717, 1.165) is 6.42 Å². The van der Waals surface area contributed by atoms with Crippen molar-refractivity contribution in [2.75, 3.05) is 13.7 Å². The zero-order valence-electron chi connectivity index (χ0n) is 13.8. The van der Waals surface area contributed by atoms with Gasteiger partial charge in [0.25, 0.3) is 5.91 Å². The number of methoxy groups -OCH3 is 1. The van der Waals surface area contributed by atoms with Gasteiger partial charge < -0.3 is 14.7 Å². The highest BCUT2D eigenvalue weighted by Crippen LogP contribution is 2.31. The topological polar surface area (TPSA) is 83.9 Å². The first-order valence-electron chi connectivity index (χ1n) is 7.57. The molecule has 1 aliphatic heterocycles. The molecular weight excluding hydrogens is 310 g/mol. The van der Waals surface area contributed by atoms with Crippen LogP contribution in [-0.2, 0) is 14.3 Å². The molecule has 0 saturated heterocycles. The van der Waals surface area contributed by atoms with Gasteiger partial charge in [-0.05, 0) is 37.1 Å². The van der Waals surface area contributed by atoms with Gasteiger partial charge in [-0.15, -0.1) is 0 Å². The molecule has 0 radical (unpaired) electrons. The van der Waals surface area contributed by atoms with E-state index >= 15 is 0 Å². The molecule has 1 aromatic carbocycles. The molecule has 1 aromatic rings. The summed E-state index contributed by atoms with van der Waals surface area (Å²) in [5.74, 6) is -1.84. The van der Waals surface area contributed by atoms with Gasteiger partial charge in [0.1, 0.15) is 0 Å². The zero-order chi connectivity index (χ0) is 17.9. The summed E-state index contributed by atoms with van der Waals surface area (Å²) in [6, 6.07) is 6.09. The minimum atomic E-state index is -1.02. The molecule has 0 spiro atoms. The number of carboxylic acids is 1. The Morgan fingerprint density at radius 2 is 1.88 bits per heavy atom. The maximum Gasteiger partial charge on any atom is 0.340 e. The second kappa shape index (κ2) is 7.12. The van der Waals surface area contributed by atoms with Gasteiger partial charge >= 0.3 is 11.9 Å². The average Bonchev–Trinajstić information content (AvgIpc) is 2.79. The zero-order valence-corrected chi connectivity index (χ0v) is 13.8. The second-order valence-electron chi connectivity index (χ2n) is 5.39. The Balaban J connectivity index is 2.47. The van der Waals surface area contributed by atoms with Crippen LogP contribution in [0.4, 0.5) is 0 Å². The summed E-state index contributed by atoms with van der Waals surface area (Å²) in [7, 11) is 1.27. The third kappa shape index (κ3) is 3.22. The van der Waals surface area contributed by atoms with Crippen molar-refractivity contribution in [3.63, 3.8) is 0 Å². The fraction of sp³-hybridized carbons (Fsp3) is 0.278. The Labute approximate surface area is 140 Å². The Morgan fingerprint density at radius 3 is 2.38 bits per heavy atom. The number of nitrogens with zero attached hydrogens (tertiary/aromatic N) is 1. The normalized spacial score (nSPS) is 16.0. The van der Waals surface area contributed by atoms with Crippen molar-refractivity contribution < 1.29 is 24.2 Å². The summed E-state index contributed by atoms with van der Waals surface area (Å²) in [6.07, 6.45) is 2.34. The van der Waals surface area contributed by atoms with E-state index in [4.69, 9.17) is 9.84 Å². The fourth-order valence-electron chi connectivity index (χ4n) is 2.61. The minimum absolute atomic E-state index is 0.155. The first-order valence-corrected chi connectivity index (χ1v) is 7.57. The lowest BCUT2D eigenvalue weighted by molar-refractivity contribution is -0.136. The summed E-state index contributed by atoms with van der Waals surface area (Å²) in [6.45, 7) is 4.18. The number of hydrogen-bond donors (Lipinski definition) is 1. The number of ether oxygens (including phenoxy) is 1. The lowest BCUT2D eigenvalue weighted by atomic mass is 10.0. The summed E-state index contributed by atoms with van der Waals surface area (Å²) in [4.78, 5) is 37.2. The van der Waals surface area contributed by atoms with Crippen LogP contribution in [-0.4, -0.2) is 41.5 Å². The number of aromatic carboxylic acids is 1. The Morgan fingerprint density at radius 1 is 1.25 bits per heavy atom. The van der Waals surface area contributed by atoms with Crippen LogP contribution in [0.5, 0.6) is 0 Å². The Kier molecular flexibility index (Phi) is 5.18. The van der Waals surface area contributed by atoms with Gasteiger partial charge in [0, 0.05) is 12.2 Å². The van der Waals surface area contributed by atoms with Crippen LogP contribution in [0.3, 0.4) is 0 Å². The van der Waals surface area contributed by atoms with Crippen LogP contribution in [0.1, 0.15) is 36.2 Å². The molecule has 126 valence electrons. The second-order valence-corrected chi connectivity index (χ2v) is 5.39. The molecule has 1 heterocycles. The number of benzene rings is 1. The molecule has 2 rings (SSSR count). The monoisotopic (exact) mass is 329 g/mol. The molecule has 0 unspecified atom stereocenters. The molecule has 0 aliphatic carbocycles. The van der Waals surface area contributed by atoms with Crippen molar-refractivity contribution in [3.8, 4) is 0 Å². The number of carbonyl (C=O) groups excluding carboxylic acids is 2. The van der Waals surface area contributed by atoms with Gasteiger partial charge in [0.15, 0.2) is 0 Å². The number of rotatable bonds is 5. The van der Waals surface area contributed by atoms with E-state index in [1.165, 1.54) is 19.2 Å². The SMILES string of the molecule is CCCN1C(=O)/C(=C\c2ccc(C(=O)O)cc2)C(C(=O)OC)=C1C. The maximum absolute atomic E-state index is 12.6. The summed E-state index contributed by atoms with van der Waals surface area (Å²) in [5.41, 5.74) is 1.87. The van der Waals surface area contributed by atoms with Crippen LogP contribution in [0.2, 0.25) is 0 Å². The highest BCUT2D eigenvalue weighted by molar-refractivity contribution is 6.16. The summed E-state index contributed by atoms with van der Waals surface area (Å²) < 4.78 is 4.80. The molecule has 0 fully saturated rings. The van der Waals surface area contributed by atoms with Gasteiger partial charge in [0.05, 0.1) is 23.8 Å². The molecule has 0 saturated carbocycles. The van der Waals surface area contributed by atoms with Crippen LogP contribution in [0.25, 0.3) is 6.08 Å². The van der Waals surface area contributed by atoms with Crippen molar-refractivity contribution in [1.29, 1.82) is 0 Å². The number of carboxylic acid groups (broad SMARTS) is 1. The van der Waals surface area contributed by atoms with E-state index in [9.17, 15) is 14.4 Å². The molecule has 0 aromatic heterocycles. The van der Waals surface area contributed by atoms with E-state index in [-0.39, 0.29) is 22.6 Å². The lowest BCUT2D eigenvalue weighted by Crippen LogP contribution is -2.25. The van der Waals surface area contributed by atoms with Crippen molar-refractivity contribution in [1.82, 2.24) is 4.90 Å². The quantitative estimate of drug-likeness (QED) is 0.663. The van der Waals surface area contributed by atoms with E-state index in [0.29, 0.717) is 17.8 Å². The molecule has 1 aliphatic rings. The first kappa shape index (κ1) is 17.5. The lowest BCUT2D eigenvalue weighted by Gasteiger charge is -2.16. The third-order valence-electron chi connectivity index (χ3n) is 3.82. The molecule has 6 heteroatoms. The minimum Gasteiger partial charge on any atom is -0.478 e. The largest absolute Gasteiger partial charge is 0.478 e. The van der Waals surface area contributed by atoms with Crippen LogP contribution >= 0.6 is 0 Å². The van der Waals surface area contributed by atoms with Crippen LogP contribution < -0.4 is 0 Å². The molecule has 6 nitrogen and oxygen atoms in total. The van der Waals surface area contributed by atoms with Crippen LogP contribution in [0, 0.1) is 0 Å². The van der Waals surface area contributed by atoms with Gasteiger partial charge in [-0.25, -0.2) is 9.59 Å². The maximum atomic E-state index is 12.6. The highest BCUT2D eigenvalue weighted by atomic mass is 16.5. The van der Waals surface area contributed by atoms with Crippen molar-refractivity contribution >= 4 is 23.9 Å². The Hall–Kier alpha value is -2.89. The number of esters is 1. The van der Waals surface area contributed by atoms with Gasteiger partial charge in [-0.1, -0.05) is 19.1 Å². The summed E-state index contributed by atoms with van der Waals surface area (Å²) >= 11 is 0. The van der Waals surface area contributed by atoms with Gasteiger partial charge in [0.2, 0.25) is 0 Å². The van der Waals surface area contributed by atoms with Crippen molar-refractivity contribution in [3.05, 3.63) is 52.2 Å². The van der Waals surface area contributed by atoms with E-state index in [2.05, 4.69) is 0 Å². The predicted molar refractivity (Wildman–Crippen MR) is 88.1 cm³/mol. The van der Waals surface area contributed by atoms with Gasteiger partial charge in [-0.2, -0.15) is 0 Å². The smallest absolute Gasteiger partial charge is 0.340 e. The summed E-state index contributed by atoms with van der Waals surface area (Å²) in [5, 5.41) is 8.93. The fourth-order valence-corrected chi connectivity index (χ4v) is 2.61. The molecule has 1 N–H and O–H groups in total. The molecule has 0 bridgehead atoms. The average molecular weight is 329 g/mol.